The van der Waals surface area contributed by atoms with E-state index in [1.54, 1.807) is 18.2 Å². The van der Waals surface area contributed by atoms with Crippen molar-refractivity contribution in [2.24, 2.45) is 0 Å². The van der Waals surface area contributed by atoms with E-state index >= 15 is 0 Å². The lowest BCUT2D eigenvalue weighted by Crippen LogP contribution is -1.93. The molecule has 1 aromatic rings. The summed E-state index contributed by atoms with van der Waals surface area (Å²) in [5.41, 5.74) is 0.822. The first-order valence-corrected chi connectivity index (χ1v) is 4.39. The number of nitro groups is 1. The summed E-state index contributed by atoms with van der Waals surface area (Å²) in [6.07, 6.45) is 1.49. The minimum atomic E-state index is -0.426. The Labute approximate surface area is 86.1 Å². The van der Waals surface area contributed by atoms with Crippen molar-refractivity contribution in [1.29, 1.82) is 0 Å². The first-order chi connectivity index (χ1) is 7.16. The standard InChI is InChI=1S/C10H9NO4/c1-7(11(12)13)4-8-2-3-9-10(5-8)15-6-14-9/h2-5H,6H2,1H3/b7-4+. The summed E-state index contributed by atoms with van der Waals surface area (Å²) in [6, 6.07) is 5.21. The zero-order valence-corrected chi connectivity index (χ0v) is 8.10. The van der Waals surface area contributed by atoms with Crippen LogP contribution in [0.3, 0.4) is 0 Å². The van der Waals surface area contributed by atoms with Gasteiger partial charge < -0.3 is 9.47 Å². The number of fused-ring (bicyclic) bond motifs is 1. The first-order valence-electron chi connectivity index (χ1n) is 4.39. The minimum absolute atomic E-state index is 0.0915. The molecule has 0 amide bonds. The summed E-state index contributed by atoms with van der Waals surface area (Å²) in [4.78, 5) is 9.99. The highest BCUT2D eigenvalue weighted by molar-refractivity contribution is 5.57. The SMILES string of the molecule is C/C(=C\c1ccc2c(c1)OCO2)[N+](=O)[O-]. The molecular weight excluding hydrogens is 198 g/mol. The lowest BCUT2D eigenvalue weighted by molar-refractivity contribution is -0.422. The van der Waals surface area contributed by atoms with E-state index in [0.717, 1.165) is 5.56 Å². The first kappa shape index (κ1) is 9.51. The molecule has 0 N–H and O–H groups in total. The molecule has 0 saturated heterocycles. The number of rotatable bonds is 2. The van der Waals surface area contributed by atoms with Crippen LogP contribution in [0.4, 0.5) is 0 Å². The number of benzene rings is 1. The molecule has 0 bridgehead atoms. The zero-order valence-electron chi connectivity index (χ0n) is 8.10. The zero-order chi connectivity index (χ0) is 10.8. The quantitative estimate of drug-likeness (QED) is 0.550. The Kier molecular flexibility index (Phi) is 2.29. The number of ether oxygens (including phenoxy) is 2. The molecule has 15 heavy (non-hydrogen) atoms. The summed E-state index contributed by atoms with van der Waals surface area (Å²) in [5.74, 6) is 1.30. The lowest BCUT2D eigenvalue weighted by Gasteiger charge is -1.97. The summed E-state index contributed by atoms with van der Waals surface area (Å²) in [5, 5.41) is 10.4. The fraction of sp³-hybridized carbons (Fsp3) is 0.200. The van der Waals surface area contributed by atoms with Crippen molar-refractivity contribution < 1.29 is 14.4 Å². The minimum Gasteiger partial charge on any atom is -0.454 e. The Bertz CT molecular complexity index is 439. The third-order valence-corrected chi connectivity index (χ3v) is 2.06. The van der Waals surface area contributed by atoms with Crippen LogP contribution in [-0.2, 0) is 0 Å². The van der Waals surface area contributed by atoms with Gasteiger partial charge in [-0.05, 0) is 17.7 Å². The maximum atomic E-state index is 10.4. The largest absolute Gasteiger partial charge is 0.454 e. The van der Waals surface area contributed by atoms with Crippen molar-refractivity contribution in [3.8, 4) is 11.5 Å². The van der Waals surface area contributed by atoms with E-state index in [4.69, 9.17) is 9.47 Å². The second-order valence-corrected chi connectivity index (χ2v) is 3.16. The normalized spacial score (nSPS) is 14.1. The molecule has 0 aliphatic carbocycles. The highest BCUT2D eigenvalue weighted by Gasteiger charge is 2.13. The van der Waals surface area contributed by atoms with Crippen LogP contribution in [0.5, 0.6) is 11.5 Å². The van der Waals surface area contributed by atoms with E-state index in [0.29, 0.717) is 11.5 Å². The fourth-order valence-electron chi connectivity index (χ4n) is 1.30. The van der Waals surface area contributed by atoms with E-state index in [9.17, 15) is 10.1 Å². The summed E-state index contributed by atoms with van der Waals surface area (Å²) < 4.78 is 10.3. The van der Waals surface area contributed by atoms with Gasteiger partial charge in [0.25, 0.3) is 0 Å². The number of hydrogen-bond donors (Lipinski definition) is 0. The van der Waals surface area contributed by atoms with Crippen molar-refractivity contribution >= 4 is 6.08 Å². The lowest BCUT2D eigenvalue weighted by atomic mass is 10.2. The number of nitrogens with zero attached hydrogens (tertiary/aromatic N) is 1. The van der Waals surface area contributed by atoms with Crippen molar-refractivity contribution in [3.05, 3.63) is 39.6 Å². The molecule has 0 atom stereocenters. The van der Waals surface area contributed by atoms with E-state index in [-0.39, 0.29) is 12.5 Å². The predicted octanol–water partition coefficient (Wildman–Crippen LogP) is 2.05. The fourth-order valence-corrected chi connectivity index (χ4v) is 1.30. The van der Waals surface area contributed by atoms with E-state index in [2.05, 4.69) is 0 Å². The van der Waals surface area contributed by atoms with Gasteiger partial charge in [0.1, 0.15) is 0 Å². The van der Waals surface area contributed by atoms with Gasteiger partial charge in [0.05, 0.1) is 4.92 Å². The van der Waals surface area contributed by atoms with Crippen LogP contribution < -0.4 is 9.47 Å². The van der Waals surface area contributed by atoms with Crippen LogP contribution in [-0.4, -0.2) is 11.7 Å². The van der Waals surface area contributed by atoms with Gasteiger partial charge >= 0.3 is 0 Å². The predicted molar refractivity (Wildman–Crippen MR) is 53.2 cm³/mol. The summed E-state index contributed by atoms with van der Waals surface area (Å²) >= 11 is 0. The average molecular weight is 207 g/mol. The molecule has 1 aromatic carbocycles. The van der Waals surface area contributed by atoms with Gasteiger partial charge in [0, 0.05) is 13.0 Å². The van der Waals surface area contributed by atoms with Crippen LogP contribution in [0.1, 0.15) is 12.5 Å². The van der Waals surface area contributed by atoms with Gasteiger partial charge in [0.2, 0.25) is 12.5 Å². The Morgan fingerprint density at radius 2 is 2.20 bits per heavy atom. The second kappa shape index (κ2) is 3.61. The molecule has 0 radical (unpaired) electrons. The number of hydrogen-bond acceptors (Lipinski definition) is 4. The molecule has 0 unspecified atom stereocenters. The van der Waals surface area contributed by atoms with Gasteiger partial charge in [0.15, 0.2) is 11.5 Å². The topological polar surface area (TPSA) is 61.6 Å². The monoisotopic (exact) mass is 207 g/mol. The maximum Gasteiger partial charge on any atom is 0.243 e. The Balaban J connectivity index is 2.31. The highest BCUT2D eigenvalue weighted by atomic mass is 16.7. The molecule has 78 valence electrons. The molecule has 1 aliphatic rings. The third kappa shape index (κ3) is 1.90. The van der Waals surface area contributed by atoms with Crippen LogP contribution >= 0.6 is 0 Å². The molecular formula is C10H9NO4. The van der Waals surface area contributed by atoms with Crippen molar-refractivity contribution in [3.63, 3.8) is 0 Å². The molecule has 0 spiro atoms. The van der Waals surface area contributed by atoms with Crippen LogP contribution in [0.15, 0.2) is 23.9 Å². The van der Waals surface area contributed by atoms with Crippen molar-refractivity contribution in [1.82, 2.24) is 0 Å². The Morgan fingerprint density at radius 1 is 1.47 bits per heavy atom. The Hall–Kier alpha value is -2.04. The molecule has 1 aliphatic heterocycles. The average Bonchev–Trinajstić information content (AvgIpc) is 2.64. The van der Waals surface area contributed by atoms with Crippen molar-refractivity contribution in [2.45, 2.75) is 6.92 Å². The van der Waals surface area contributed by atoms with Gasteiger partial charge in [-0.1, -0.05) is 6.07 Å². The molecule has 2 rings (SSSR count). The number of allylic oxidation sites excluding steroid dienone is 1. The van der Waals surface area contributed by atoms with Crippen LogP contribution in [0.2, 0.25) is 0 Å². The van der Waals surface area contributed by atoms with Gasteiger partial charge in [-0.3, -0.25) is 10.1 Å². The maximum absolute atomic E-state index is 10.4. The smallest absolute Gasteiger partial charge is 0.243 e. The van der Waals surface area contributed by atoms with Gasteiger partial charge in [-0.15, -0.1) is 0 Å². The molecule has 0 aromatic heterocycles. The van der Waals surface area contributed by atoms with Crippen LogP contribution in [0, 0.1) is 10.1 Å². The van der Waals surface area contributed by atoms with E-state index in [1.165, 1.54) is 13.0 Å². The van der Waals surface area contributed by atoms with E-state index < -0.39 is 4.92 Å². The summed E-state index contributed by atoms with van der Waals surface area (Å²) in [7, 11) is 0. The third-order valence-electron chi connectivity index (χ3n) is 2.06. The molecule has 5 heteroatoms. The highest BCUT2D eigenvalue weighted by Crippen LogP contribution is 2.32. The Morgan fingerprint density at radius 3 is 2.93 bits per heavy atom. The van der Waals surface area contributed by atoms with Gasteiger partial charge in [-0.2, -0.15) is 0 Å². The van der Waals surface area contributed by atoms with Gasteiger partial charge in [-0.25, -0.2) is 0 Å². The summed E-state index contributed by atoms with van der Waals surface area (Å²) in [6.45, 7) is 1.65. The molecule has 5 nitrogen and oxygen atoms in total. The molecule has 1 heterocycles. The van der Waals surface area contributed by atoms with Crippen LogP contribution in [0.25, 0.3) is 6.08 Å². The molecule has 0 saturated carbocycles. The second-order valence-electron chi connectivity index (χ2n) is 3.16. The van der Waals surface area contributed by atoms with Crippen molar-refractivity contribution in [2.75, 3.05) is 6.79 Å². The molecule has 0 fully saturated rings. The van der Waals surface area contributed by atoms with E-state index in [1.807, 2.05) is 0 Å².